The van der Waals surface area contributed by atoms with Crippen LogP contribution in [0.1, 0.15) is 20.3 Å². The van der Waals surface area contributed by atoms with Gasteiger partial charge in [0.25, 0.3) is 9.05 Å². The van der Waals surface area contributed by atoms with Crippen LogP contribution in [0.3, 0.4) is 0 Å². The lowest BCUT2D eigenvalue weighted by Crippen LogP contribution is -2.38. The number of nitrogens with zero attached hydrogens (tertiary/aromatic N) is 1. The van der Waals surface area contributed by atoms with Gasteiger partial charge in [-0.25, -0.2) is 8.42 Å². The Balaban J connectivity index is 2.50. The van der Waals surface area contributed by atoms with Crippen LogP contribution in [0.2, 0.25) is 0 Å². The second kappa shape index (κ2) is 5.34. The molecule has 0 aliphatic carbocycles. The Kier molecular flexibility index (Phi) is 4.13. The molecule has 1 aliphatic heterocycles. The summed E-state index contributed by atoms with van der Waals surface area (Å²) in [6.07, 6.45) is 0.423. The summed E-state index contributed by atoms with van der Waals surface area (Å²) >= 11 is 1.56. The van der Waals surface area contributed by atoms with E-state index in [1.165, 1.54) is 12.1 Å². The van der Waals surface area contributed by atoms with Gasteiger partial charge in [0.15, 0.2) is 0 Å². The van der Waals surface area contributed by atoms with Crippen molar-refractivity contribution in [1.82, 2.24) is 0 Å². The molecule has 0 spiro atoms. The maximum Gasteiger partial charge on any atom is 0.261 e. The average Bonchev–Trinajstić information content (AvgIpc) is 2.34. The molecule has 4 nitrogen and oxygen atoms in total. The number of rotatable bonds is 2. The van der Waals surface area contributed by atoms with Crippen LogP contribution in [0.4, 0.5) is 5.69 Å². The molecule has 1 aliphatic rings. The molecule has 0 bridgehead atoms. The molecule has 1 amide bonds. The van der Waals surface area contributed by atoms with E-state index in [9.17, 15) is 13.2 Å². The molecule has 7 heteroatoms. The van der Waals surface area contributed by atoms with E-state index in [1.807, 2.05) is 13.8 Å². The van der Waals surface area contributed by atoms with Crippen molar-refractivity contribution in [3.05, 3.63) is 18.2 Å². The molecule has 0 saturated heterocycles. The molecule has 104 valence electrons. The summed E-state index contributed by atoms with van der Waals surface area (Å²) in [5.74, 6) is 0.0369. The van der Waals surface area contributed by atoms with Crippen LogP contribution < -0.4 is 4.90 Å². The first-order chi connectivity index (χ1) is 8.82. The highest BCUT2D eigenvalue weighted by Crippen LogP contribution is 2.40. The van der Waals surface area contributed by atoms with Crippen molar-refractivity contribution in [3.63, 3.8) is 0 Å². The van der Waals surface area contributed by atoms with Gasteiger partial charge in [0.05, 0.1) is 10.6 Å². The van der Waals surface area contributed by atoms with Gasteiger partial charge in [-0.3, -0.25) is 4.79 Å². The number of hydrogen-bond donors (Lipinski definition) is 0. The predicted octanol–water partition coefficient (Wildman–Crippen LogP) is 2.85. The fourth-order valence-electron chi connectivity index (χ4n) is 2.00. The molecule has 0 radical (unpaired) electrons. The van der Waals surface area contributed by atoms with E-state index in [2.05, 4.69) is 0 Å². The van der Waals surface area contributed by atoms with Crippen LogP contribution in [-0.2, 0) is 13.8 Å². The molecule has 1 unspecified atom stereocenters. The highest BCUT2D eigenvalue weighted by Gasteiger charge is 2.27. The van der Waals surface area contributed by atoms with Gasteiger partial charge in [-0.1, -0.05) is 13.8 Å². The fraction of sp³-hybridized carbons (Fsp3) is 0.417. The standard InChI is InChI=1S/C12H14ClNO3S2/c1-3-12(15)14-7-8(2)18-11-6-9(19(13,16)17)4-5-10(11)14/h4-6,8H,3,7H2,1-2H3. The lowest BCUT2D eigenvalue weighted by atomic mass is 10.2. The van der Waals surface area contributed by atoms with Gasteiger partial charge in [0.1, 0.15) is 0 Å². The summed E-state index contributed by atoms with van der Waals surface area (Å²) in [6.45, 7) is 4.45. The Morgan fingerprint density at radius 3 is 2.79 bits per heavy atom. The van der Waals surface area contributed by atoms with Crippen molar-refractivity contribution in [2.24, 2.45) is 0 Å². The van der Waals surface area contributed by atoms with E-state index in [-0.39, 0.29) is 16.1 Å². The van der Waals surface area contributed by atoms with Gasteiger partial charge >= 0.3 is 0 Å². The van der Waals surface area contributed by atoms with E-state index in [4.69, 9.17) is 10.7 Å². The summed E-state index contributed by atoms with van der Waals surface area (Å²) in [6, 6.07) is 4.62. The summed E-state index contributed by atoms with van der Waals surface area (Å²) < 4.78 is 22.7. The minimum atomic E-state index is -3.74. The molecule has 0 N–H and O–H groups in total. The molecule has 19 heavy (non-hydrogen) atoms. The lowest BCUT2D eigenvalue weighted by Gasteiger charge is -2.32. The van der Waals surface area contributed by atoms with Crippen molar-refractivity contribution in [3.8, 4) is 0 Å². The highest BCUT2D eigenvalue weighted by molar-refractivity contribution is 8.13. The van der Waals surface area contributed by atoms with Crippen LogP contribution >= 0.6 is 22.4 Å². The maximum atomic E-state index is 11.9. The molecule has 1 heterocycles. The van der Waals surface area contributed by atoms with Crippen LogP contribution in [0, 0.1) is 0 Å². The first kappa shape index (κ1) is 14.7. The van der Waals surface area contributed by atoms with E-state index < -0.39 is 9.05 Å². The van der Waals surface area contributed by atoms with E-state index in [0.29, 0.717) is 13.0 Å². The SMILES string of the molecule is CCC(=O)N1CC(C)Sc2cc(S(=O)(=O)Cl)ccc21. The number of carbonyl (C=O) groups excluding carboxylic acids is 1. The normalized spacial score (nSPS) is 19.1. The smallest absolute Gasteiger partial charge is 0.261 e. The monoisotopic (exact) mass is 319 g/mol. The van der Waals surface area contributed by atoms with E-state index in [0.717, 1.165) is 10.6 Å². The number of benzene rings is 1. The van der Waals surface area contributed by atoms with Gasteiger partial charge in [0.2, 0.25) is 5.91 Å². The number of anilines is 1. The summed E-state index contributed by atoms with van der Waals surface area (Å²) in [7, 11) is 1.60. The number of halogens is 1. The number of hydrogen-bond acceptors (Lipinski definition) is 4. The lowest BCUT2D eigenvalue weighted by molar-refractivity contribution is -0.118. The Hall–Kier alpha value is -0.720. The predicted molar refractivity (Wildman–Crippen MR) is 77.4 cm³/mol. The average molecular weight is 320 g/mol. The zero-order valence-corrected chi connectivity index (χ0v) is 13.0. The van der Waals surface area contributed by atoms with Gasteiger partial charge in [-0.2, -0.15) is 0 Å². The minimum absolute atomic E-state index is 0.0369. The van der Waals surface area contributed by atoms with E-state index >= 15 is 0 Å². The van der Waals surface area contributed by atoms with Crippen molar-refractivity contribution in [2.45, 2.75) is 35.3 Å². The first-order valence-electron chi connectivity index (χ1n) is 5.88. The zero-order chi connectivity index (χ0) is 14.2. The Morgan fingerprint density at radius 1 is 1.53 bits per heavy atom. The molecule has 1 aromatic rings. The third kappa shape index (κ3) is 3.07. The van der Waals surface area contributed by atoms with Crippen molar-refractivity contribution in [1.29, 1.82) is 0 Å². The van der Waals surface area contributed by atoms with Crippen LogP contribution in [0.5, 0.6) is 0 Å². The third-order valence-electron chi connectivity index (χ3n) is 2.87. The highest BCUT2D eigenvalue weighted by atomic mass is 35.7. The molecule has 1 aromatic carbocycles. The molecule has 1 atom stereocenters. The summed E-state index contributed by atoms with van der Waals surface area (Å²) in [4.78, 5) is 14.5. The third-order valence-corrected chi connectivity index (χ3v) is 5.36. The van der Waals surface area contributed by atoms with Crippen molar-refractivity contribution >= 4 is 43.1 Å². The number of carbonyl (C=O) groups is 1. The largest absolute Gasteiger partial charge is 0.310 e. The number of fused-ring (bicyclic) bond motifs is 1. The topological polar surface area (TPSA) is 54.5 Å². The van der Waals surface area contributed by atoms with Gasteiger partial charge in [-0.15, -0.1) is 11.8 Å². The fourth-order valence-corrected chi connectivity index (χ4v) is 4.00. The zero-order valence-electron chi connectivity index (χ0n) is 10.6. The molecule has 0 aromatic heterocycles. The quantitative estimate of drug-likeness (QED) is 0.787. The summed E-state index contributed by atoms with van der Waals surface area (Å²) in [5, 5.41) is 0.219. The van der Waals surface area contributed by atoms with Crippen LogP contribution in [0.25, 0.3) is 0 Å². The molecule has 2 rings (SSSR count). The van der Waals surface area contributed by atoms with Gasteiger partial charge in [0, 0.05) is 33.8 Å². The van der Waals surface area contributed by atoms with Gasteiger partial charge < -0.3 is 4.90 Å². The number of thioether (sulfide) groups is 1. The van der Waals surface area contributed by atoms with Gasteiger partial charge in [-0.05, 0) is 18.2 Å². The molecule has 0 fully saturated rings. The second-order valence-electron chi connectivity index (χ2n) is 4.35. The van der Waals surface area contributed by atoms with Crippen LogP contribution in [-0.4, -0.2) is 26.1 Å². The Bertz CT molecular complexity index is 615. The minimum Gasteiger partial charge on any atom is -0.310 e. The first-order valence-corrected chi connectivity index (χ1v) is 9.07. The Labute approximate surface area is 121 Å². The van der Waals surface area contributed by atoms with Crippen molar-refractivity contribution < 1.29 is 13.2 Å². The number of amides is 1. The molecular formula is C12H14ClNO3S2. The summed E-state index contributed by atoms with van der Waals surface area (Å²) in [5.41, 5.74) is 0.763. The molecule has 0 saturated carbocycles. The maximum absolute atomic E-state index is 11.9. The van der Waals surface area contributed by atoms with Crippen LogP contribution in [0.15, 0.2) is 28.0 Å². The van der Waals surface area contributed by atoms with E-state index in [1.54, 1.807) is 22.7 Å². The molecular weight excluding hydrogens is 306 g/mol. The Morgan fingerprint density at radius 2 is 2.21 bits per heavy atom. The van der Waals surface area contributed by atoms with Crippen molar-refractivity contribution in [2.75, 3.05) is 11.4 Å². The second-order valence-corrected chi connectivity index (χ2v) is 8.40.